The lowest BCUT2D eigenvalue weighted by Gasteiger charge is -2.32. The Labute approximate surface area is 172 Å². The summed E-state index contributed by atoms with van der Waals surface area (Å²) in [4.78, 5) is 20.3. The van der Waals surface area contributed by atoms with E-state index in [2.05, 4.69) is 57.1 Å². The van der Waals surface area contributed by atoms with Crippen molar-refractivity contribution < 1.29 is 9.53 Å². The number of carbonyl (C=O) groups is 1. The summed E-state index contributed by atoms with van der Waals surface area (Å²) in [5.41, 5.74) is 3.12. The molecule has 7 heteroatoms. The van der Waals surface area contributed by atoms with Crippen LogP contribution in [-0.2, 0) is 9.53 Å². The van der Waals surface area contributed by atoms with Gasteiger partial charge in [0.1, 0.15) is 0 Å². The predicted octanol–water partition coefficient (Wildman–Crippen LogP) is 2.66. The van der Waals surface area contributed by atoms with E-state index in [1.807, 2.05) is 0 Å². The van der Waals surface area contributed by atoms with Crippen molar-refractivity contribution in [3.63, 3.8) is 0 Å². The number of ether oxygens (including phenoxy) is 1. The van der Waals surface area contributed by atoms with E-state index in [0.717, 1.165) is 26.0 Å². The van der Waals surface area contributed by atoms with E-state index in [4.69, 9.17) is 4.74 Å². The molecule has 2 unspecified atom stereocenters. The summed E-state index contributed by atoms with van der Waals surface area (Å²) in [5, 5.41) is 9.19. The van der Waals surface area contributed by atoms with Crippen LogP contribution in [0.15, 0.2) is 53.8 Å². The van der Waals surface area contributed by atoms with Crippen LogP contribution in [0.4, 0.5) is 5.69 Å². The standard InChI is InChI=1S/C22H29N5O2/c1-16-7-9-17(10-8-16)21-18(5-4-12-29-21)13-25-22(23-2)26-15-20(28)27-19-6-3-11-24-14-19/h3,6-11,14,18,21H,4-5,12-13,15H2,1-2H3,(H,27,28)(H2,23,25,26). The van der Waals surface area contributed by atoms with Crippen LogP contribution in [0.3, 0.4) is 0 Å². The van der Waals surface area contributed by atoms with Crippen LogP contribution < -0.4 is 16.0 Å². The third-order valence-corrected chi connectivity index (χ3v) is 4.97. The van der Waals surface area contributed by atoms with Gasteiger partial charge in [0.05, 0.1) is 24.5 Å². The molecule has 1 aliphatic heterocycles. The van der Waals surface area contributed by atoms with Crippen LogP contribution in [0.25, 0.3) is 0 Å². The van der Waals surface area contributed by atoms with Crippen molar-refractivity contribution in [1.29, 1.82) is 0 Å². The monoisotopic (exact) mass is 395 g/mol. The van der Waals surface area contributed by atoms with Crippen LogP contribution in [0, 0.1) is 12.8 Å². The maximum absolute atomic E-state index is 12.1. The number of guanidine groups is 1. The Morgan fingerprint density at radius 3 is 2.79 bits per heavy atom. The lowest BCUT2D eigenvalue weighted by molar-refractivity contribution is -0.115. The van der Waals surface area contributed by atoms with Gasteiger partial charge in [-0.05, 0) is 37.5 Å². The SMILES string of the molecule is CN=C(NCC(=O)Nc1cccnc1)NCC1CCCOC1c1ccc(C)cc1. The molecule has 0 bridgehead atoms. The molecule has 2 aromatic rings. The highest BCUT2D eigenvalue weighted by Gasteiger charge is 2.27. The number of rotatable bonds is 6. The third-order valence-electron chi connectivity index (χ3n) is 4.97. The molecule has 0 aliphatic carbocycles. The van der Waals surface area contributed by atoms with Gasteiger partial charge >= 0.3 is 0 Å². The minimum absolute atomic E-state index is 0.0730. The van der Waals surface area contributed by atoms with Crippen LogP contribution in [0.1, 0.15) is 30.1 Å². The molecule has 154 valence electrons. The van der Waals surface area contributed by atoms with E-state index in [-0.39, 0.29) is 18.6 Å². The van der Waals surface area contributed by atoms with Crippen LogP contribution in [0.5, 0.6) is 0 Å². The highest BCUT2D eigenvalue weighted by atomic mass is 16.5. The Morgan fingerprint density at radius 2 is 2.07 bits per heavy atom. The number of benzene rings is 1. The molecule has 3 rings (SSSR count). The maximum Gasteiger partial charge on any atom is 0.243 e. The van der Waals surface area contributed by atoms with Crippen LogP contribution in [-0.4, -0.2) is 43.6 Å². The number of aromatic nitrogens is 1. The van der Waals surface area contributed by atoms with Gasteiger partial charge < -0.3 is 20.7 Å². The molecule has 1 aliphatic rings. The number of hydrogen-bond acceptors (Lipinski definition) is 4. The number of carbonyl (C=O) groups excluding carboxylic acids is 1. The molecule has 29 heavy (non-hydrogen) atoms. The van der Waals surface area contributed by atoms with Crippen LogP contribution >= 0.6 is 0 Å². The van der Waals surface area contributed by atoms with Gasteiger partial charge in [-0.2, -0.15) is 0 Å². The molecule has 2 atom stereocenters. The summed E-state index contributed by atoms with van der Waals surface area (Å²) in [7, 11) is 1.70. The lowest BCUT2D eigenvalue weighted by atomic mass is 9.89. The molecule has 1 amide bonds. The number of pyridine rings is 1. The first-order valence-electron chi connectivity index (χ1n) is 9.98. The normalized spacial score (nSPS) is 19.4. The van der Waals surface area contributed by atoms with Gasteiger partial charge in [-0.25, -0.2) is 0 Å². The third kappa shape index (κ3) is 6.29. The summed E-state index contributed by atoms with van der Waals surface area (Å²) >= 11 is 0. The highest BCUT2D eigenvalue weighted by Crippen LogP contribution is 2.33. The van der Waals surface area contributed by atoms with Crippen molar-refractivity contribution in [3.05, 3.63) is 59.9 Å². The number of nitrogens with one attached hydrogen (secondary N) is 3. The minimum atomic E-state index is -0.153. The lowest BCUT2D eigenvalue weighted by Crippen LogP contribution is -2.44. The fourth-order valence-electron chi connectivity index (χ4n) is 3.43. The van der Waals surface area contributed by atoms with Gasteiger partial charge in [-0.1, -0.05) is 29.8 Å². The number of hydrogen-bond donors (Lipinski definition) is 3. The largest absolute Gasteiger partial charge is 0.373 e. The molecular weight excluding hydrogens is 366 g/mol. The summed E-state index contributed by atoms with van der Waals surface area (Å²) in [6.07, 6.45) is 5.49. The fraction of sp³-hybridized carbons (Fsp3) is 0.409. The number of nitrogens with zero attached hydrogens (tertiary/aromatic N) is 2. The molecule has 0 radical (unpaired) electrons. The average Bonchev–Trinajstić information content (AvgIpc) is 2.75. The molecule has 1 aromatic heterocycles. The summed E-state index contributed by atoms with van der Waals surface area (Å²) in [5.74, 6) is 0.785. The fourth-order valence-corrected chi connectivity index (χ4v) is 3.43. The Balaban J connectivity index is 1.49. The molecule has 7 nitrogen and oxygen atoms in total. The van der Waals surface area contributed by atoms with Crippen molar-refractivity contribution in [2.45, 2.75) is 25.9 Å². The van der Waals surface area contributed by atoms with Gasteiger partial charge in [0.25, 0.3) is 0 Å². The molecule has 1 aromatic carbocycles. The van der Waals surface area contributed by atoms with E-state index < -0.39 is 0 Å². The van der Waals surface area contributed by atoms with E-state index in [9.17, 15) is 4.79 Å². The zero-order chi connectivity index (χ0) is 20.5. The van der Waals surface area contributed by atoms with Crippen molar-refractivity contribution in [3.8, 4) is 0 Å². The zero-order valence-corrected chi connectivity index (χ0v) is 17.0. The molecule has 1 fully saturated rings. The van der Waals surface area contributed by atoms with Gasteiger partial charge in [-0.15, -0.1) is 0 Å². The van der Waals surface area contributed by atoms with Gasteiger partial charge in [-0.3, -0.25) is 14.8 Å². The van der Waals surface area contributed by atoms with Crippen molar-refractivity contribution in [1.82, 2.24) is 15.6 Å². The molecule has 0 spiro atoms. The predicted molar refractivity (Wildman–Crippen MR) is 115 cm³/mol. The first kappa shape index (κ1) is 20.8. The Hall–Kier alpha value is -2.93. The molecule has 1 saturated heterocycles. The number of aryl methyl sites for hydroxylation is 1. The summed E-state index contributed by atoms with van der Waals surface area (Å²) in [6, 6.07) is 12.1. The van der Waals surface area contributed by atoms with Crippen molar-refractivity contribution >= 4 is 17.6 Å². The Morgan fingerprint density at radius 1 is 1.24 bits per heavy atom. The minimum Gasteiger partial charge on any atom is -0.373 e. The quantitative estimate of drug-likeness (QED) is 0.517. The second kappa shape index (κ2) is 10.6. The van der Waals surface area contributed by atoms with E-state index in [1.165, 1.54) is 11.1 Å². The molecular formula is C22H29N5O2. The average molecular weight is 396 g/mol. The Kier molecular flexibility index (Phi) is 7.58. The van der Waals surface area contributed by atoms with E-state index in [1.54, 1.807) is 31.6 Å². The Bertz CT molecular complexity index is 808. The summed E-state index contributed by atoms with van der Waals surface area (Å²) in [6.45, 7) is 3.72. The topological polar surface area (TPSA) is 87.6 Å². The zero-order valence-electron chi connectivity index (χ0n) is 17.0. The number of amides is 1. The first-order chi connectivity index (χ1) is 14.2. The maximum atomic E-state index is 12.1. The molecule has 3 N–H and O–H groups in total. The molecule has 2 heterocycles. The van der Waals surface area contributed by atoms with Crippen molar-refractivity contribution in [2.75, 3.05) is 32.1 Å². The second-order valence-electron chi connectivity index (χ2n) is 7.20. The second-order valence-corrected chi connectivity index (χ2v) is 7.20. The van der Waals surface area contributed by atoms with Gasteiger partial charge in [0.15, 0.2) is 5.96 Å². The summed E-state index contributed by atoms with van der Waals surface area (Å²) < 4.78 is 6.08. The van der Waals surface area contributed by atoms with E-state index in [0.29, 0.717) is 17.6 Å². The first-order valence-corrected chi connectivity index (χ1v) is 9.98. The molecule has 0 saturated carbocycles. The van der Waals surface area contributed by atoms with Crippen LogP contribution in [0.2, 0.25) is 0 Å². The number of anilines is 1. The highest BCUT2D eigenvalue weighted by molar-refractivity contribution is 5.94. The van der Waals surface area contributed by atoms with Gasteiger partial charge in [0, 0.05) is 32.3 Å². The number of aliphatic imine (C=N–C) groups is 1. The smallest absolute Gasteiger partial charge is 0.243 e. The van der Waals surface area contributed by atoms with E-state index >= 15 is 0 Å². The van der Waals surface area contributed by atoms with Gasteiger partial charge in [0.2, 0.25) is 5.91 Å². The van der Waals surface area contributed by atoms with Crippen molar-refractivity contribution in [2.24, 2.45) is 10.9 Å².